The molecule has 2 amide bonds. The van der Waals surface area contributed by atoms with Gasteiger partial charge in [0.2, 0.25) is 0 Å². The highest BCUT2D eigenvalue weighted by Crippen LogP contribution is 2.49. The van der Waals surface area contributed by atoms with Crippen molar-refractivity contribution in [1.29, 1.82) is 0 Å². The molecular weight excluding hydrogens is 426 g/mol. The molecule has 0 unspecified atom stereocenters. The Balaban J connectivity index is 1.68. The third kappa shape index (κ3) is 3.29. The first-order chi connectivity index (χ1) is 16.3. The minimum Gasteiger partial charge on any atom is -0.492 e. The van der Waals surface area contributed by atoms with Crippen LogP contribution in [0.4, 0.5) is 5.69 Å². The van der Waals surface area contributed by atoms with Crippen LogP contribution in [0.25, 0.3) is 10.8 Å². The summed E-state index contributed by atoms with van der Waals surface area (Å²) in [6, 6.07) is 13.7. The summed E-state index contributed by atoms with van der Waals surface area (Å²) < 4.78 is 11.9. The Morgan fingerprint density at radius 2 is 1.41 bits per heavy atom. The fourth-order valence-electron chi connectivity index (χ4n) is 5.25. The van der Waals surface area contributed by atoms with Gasteiger partial charge >= 0.3 is 0 Å². The van der Waals surface area contributed by atoms with E-state index in [9.17, 15) is 9.59 Å². The van der Waals surface area contributed by atoms with Gasteiger partial charge in [0.1, 0.15) is 11.5 Å². The smallest absolute Gasteiger partial charge is 0.270 e. The number of imide groups is 1. The van der Waals surface area contributed by atoms with Gasteiger partial charge in [-0.3, -0.25) is 9.59 Å². The number of amides is 2. The summed E-state index contributed by atoms with van der Waals surface area (Å²) >= 11 is 0. The van der Waals surface area contributed by atoms with Gasteiger partial charge in [-0.1, -0.05) is 50.2 Å². The molecule has 1 aliphatic carbocycles. The second kappa shape index (κ2) is 8.15. The van der Waals surface area contributed by atoms with Gasteiger partial charge in [0.15, 0.2) is 0 Å². The lowest BCUT2D eigenvalue weighted by Crippen LogP contribution is -2.30. The summed E-state index contributed by atoms with van der Waals surface area (Å²) in [7, 11) is 0. The Labute approximate surface area is 200 Å². The van der Waals surface area contributed by atoms with Crippen molar-refractivity contribution in [3.05, 3.63) is 64.7 Å². The van der Waals surface area contributed by atoms with Crippen molar-refractivity contribution < 1.29 is 19.1 Å². The molecule has 0 aromatic heterocycles. The number of carbonyl (C=O) groups excluding carboxylic acids is 2. The molecule has 5 heteroatoms. The topological polar surface area (TPSA) is 55.8 Å². The number of aryl methyl sites for hydroxylation is 1. The Hall–Kier alpha value is -3.34. The van der Waals surface area contributed by atoms with Gasteiger partial charge < -0.3 is 9.47 Å². The van der Waals surface area contributed by atoms with Gasteiger partial charge in [0, 0.05) is 10.8 Å². The molecule has 3 aromatic rings. The van der Waals surface area contributed by atoms with Crippen LogP contribution in [0.15, 0.2) is 42.5 Å². The van der Waals surface area contributed by atoms with E-state index in [2.05, 4.69) is 26.0 Å². The van der Waals surface area contributed by atoms with Crippen molar-refractivity contribution in [3.8, 4) is 11.5 Å². The van der Waals surface area contributed by atoms with E-state index >= 15 is 0 Å². The summed E-state index contributed by atoms with van der Waals surface area (Å²) in [6.45, 7) is 11.0. The number of nitrogens with zero attached hydrogens (tertiary/aromatic N) is 1. The van der Waals surface area contributed by atoms with E-state index in [0.29, 0.717) is 36.3 Å². The lowest BCUT2D eigenvalue weighted by atomic mass is 9.79. The molecule has 176 valence electrons. The van der Waals surface area contributed by atoms with Crippen LogP contribution in [0.1, 0.15) is 72.4 Å². The number of fused-ring (bicyclic) bond motifs is 2. The minimum absolute atomic E-state index is 0.0767. The van der Waals surface area contributed by atoms with E-state index in [1.54, 1.807) is 0 Å². The van der Waals surface area contributed by atoms with Crippen molar-refractivity contribution >= 4 is 28.3 Å². The summed E-state index contributed by atoms with van der Waals surface area (Å²) in [5, 5.41) is 1.54. The number of carbonyl (C=O) groups is 2. The number of hydrogen-bond acceptors (Lipinski definition) is 4. The van der Waals surface area contributed by atoms with Crippen LogP contribution in [-0.2, 0) is 5.41 Å². The first-order valence-corrected chi connectivity index (χ1v) is 12.1. The molecule has 3 aromatic carbocycles. The monoisotopic (exact) mass is 457 g/mol. The molecule has 34 heavy (non-hydrogen) atoms. The van der Waals surface area contributed by atoms with Crippen LogP contribution in [0.5, 0.6) is 11.5 Å². The lowest BCUT2D eigenvalue weighted by Gasteiger charge is -2.27. The Bertz CT molecular complexity index is 1250. The Morgan fingerprint density at radius 1 is 0.882 bits per heavy atom. The van der Waals surface area contributed by atoms with Gasteiger partial charge in [-0.25, -0.2) is 4.90 Å². The van der Waals surface area contributed by atoms with Gasteiger partial charge in [-0.15, -0.1) is 0 Å². The maximum atomic E-state index is 13.8. The molecule has 0 saturated heterocycles. The normalized spacial score (nSPS) is 15.7. The summed E-state index contributed by atoms with van der Waals surface area (Å²) in [5.41, 5.74) is 3.40. The Kier molecular flexibility index (Phi) is 5.38. The molecule has 5 nitrogen and oxygen atoms in total. The third-order valence-corrected chi connectivity index (χ3v) is 7.31. The lowest BCUT2D eigenvalue weighted by molar-refractivity contribution is 0.0924. The number of rotatable bonds is 7. The van der Waals surface area contributed by atoms with Crippen LogP contribution in [0.2, 0.25) is 0 Å². The first kappa shape index (κ1) is 22.5. The predicted molar refractivity (Wildman–Crippen MR) is 134 cm³/mol. The van der Waals surface area contributed by atoms with Crippen LogP contribution in [0.3, 0.4) is 0 Å². The summed E-state index contributed by atoms with van der Waals surface area (Å²) in [6.07, 6.45) is 2.50. The third-order valence-electron chi connectivity index (χ3n) is 7.31. The maximum absolute atomic E-state index is 13.8. The highest BCUT2D eigenvalue weighted by atomic mass is 16.5. The average molecular weight is 458 g/mol. The predicted octanol–water partition coefficient (Wildman–Crippen LogP) is 6.43. The zero-order chi connectivity index (χ0) is 24.2. The van der Waals surface area contributed by atoms with E-state index in [0.717, 1.165) is 16.3 Å². The molecule has 1 saturated carbocycles. The highest BCUT2D eigenvalue weighted by molar-refractivity contribution is 6.38. The van der Waals surface area contributed by atoms with Gasteiger partial charge in [-0.2, -0.15) is 0 Å². The Morgan fingerprint density at radius 3 is 1.85 bits per heavy atom. The zero-order valence-corrected chi connectivity index (χ0v) is 20.5. The van der Waals surface area contributed by atoms with Crippen molar-refractivity contribution in [3.63, 3.8) is 0 Å². The van der Waals surface area contributed by atoms with Crippen LogP contribution >= 0.6 is 0 Å². The zero-order valence-electron chi connectivity index (χ0n) is 20.5. The van der Waals surface area contributed by atoms with E-state index in [4.69, 9.17) is 9.47 Å². The van der Waals surface area contributed by atoms with Crippen LogP contribution in [0, 0.1) is 12.8 Å². The van der Waals surface area contributed by atoms with E-state index in [1.807, 2.05) is 51.1 Å². The largest absolute Gasteiger partial charge is 0.492 e. The van der Waals surface area contributed by atoms with Gasteiger partial charge in [0.05, 0.1) is 30.0 Å². The molecule has 0 N–H and O–H groups in total. The van der Waals surface area contributed by atoms with Gasteiger partial charge in [-0.05, 0) is 62.1 Å². The number of benzene rings is 3. The van der Waals surface area contributed by atoms with Crippen molar-refractivity contribution in [1.82, 2.24) is 0 Å². The van der Waals surface area contributed by atoms with E-state index < -0.39 is 0 Å². The molecule has 2 aliphatic rings. The summed E-state index contributed by atoms with van der Waals surface area (Å²) in [5.74, 6) is 0.843. The average Bonchev–Trinajstić information content (AvgIpc) is 3.64. The molecule has 5 rings (SSSR count). The standard InChI is InChI=1S/C29H31NO4/c1-6-33-25-20-10-8-9-11-21(20)26(34-7-2)24-23(25)27(31)30(28(24)32)22-15-14-19(16-17(22)3)29(4,5)18-12-13-18/h8-11,14-16,18H,6-7,12-13H2,1-5H3. The molecule has 0 radical (unpaired) electrons. The molecule has 0 spiro atoms. The molecule has 0 atom stereocenters. The summed E-state index contributed by atoms with van der Waals surface area (Å²) in [4.78, 5) is 28.9. The SMILES string of the molecule is CCOc1c2c(c(OCC)c3ccccc13)C(=O)N(c1ccc(C(C)(C)C3CC3)cc1C)C2=O. The minimum atomic E-state index is -0.368. The van der Waals surface area contributed by atoms with Crippen molar-refractivity contribution in [2.75, 3.05) is 18.1 Å². The quantitative estimate of drug-likeness (QED) is 0.384. The molecule has 1 aliphatic heterocycles. The molecule has 1 heterocycles. The number of anilines is 1. The number of ether oxygens (including phenoxy) is 2. The fourth-order valence-corrected chi connectivity index (χ4v) is 5.25. The second-order valence-electron chi connectivity index (χ2n) is 9.76. The maximum Gasteiger partial charge on any atom is 0.270 e. The number of hydrogen-bond donors (Lipinski definition) is 0. The van der Waals surface area contributed by atoms with Crippen molar-refractivity contribution in [2.24, 2.45) is 5.92 Å². The molecular formula is C29H31NO4. The second-order valence-corrected chi connectivity index (χ2v) is 9.76. The van der Waals surface area contributed by atoms with Crippen LogP contribution < -0.4 is 14.4 Å². The van der Waals surface area contributed by atoms with Gasteiger partial charge in [0.25, 0.3) is 11.8 Å². The van der Waals surface area contributed by atoms with Crippen LogP contribution in [-0.4, -0.2) is 25.0 Å². The highest BCUT2D eigenvalue weighted by Gasteiger charge is 2.44. The van der Waals surface area contributed by atoms with Crippen molar-refractivity contribution in [2.45, 2.75) is 52.9 Å². The molecule has 1 fully saturated rings. The molecule has 0 bridgehead atoms. The van der Waals surface area contributed by atoms with E-state index in [1.165, 1.54) is 23.3 Å². The first-order valence-electron chi connectivity index (χ1n) is 12.1. The fraction of sp³-hybridized carbons (Fsp3) is 0.379. The van der Waals surface area contributed by atoms with E-state index in [-0.39, 0.29) is 28.4 Å².